The van der Waals surface area contributed by atoms with Crippen molar-refractivity contribution in [3.05, 3.63) is 29.3 Å². The standard InChI is InChI=1S/C14H17FN2O2/c1-10-7-8-11(15)12(17-10)6-5-9-16-13(18)19-14(2,3)4/h7-8H,9H2,1-4H3,(H,16,18). The third-order valence-corrected chi connectivity index (χ3v) is 1.91. The van der Waals surface area contributed by atoms with Crippen molar-refractivity contribution in [1.82, 2.24) is 10.3 Å². The Bertz CT molecular complexity index is 524. The number of nitrogens with zero attached hydrogens (tertiary/aromatic N) is 1. The number of aromatic nitrogens is 1. The van der Waals surface area contributed by atoms with E-state index in [1.807, 2.05) is 0 Å². The second-order valence-electron chi connectivity index (χ2n) is 4.94. The lowest BCUT2D eigenvalue weighted by molar-refractivity contribution is 0.0535. The first kappa shape index (κ1) is 15.0. The van der Waals surface area contributed by atoms with Gasteiger partial charge in [0.05, 0.1) is 6.54 Å². The Morgan fingerprint density at radius 1 is 1.47 bits per heavy atom. The van der Waals surface area contributed by atoms with Gasteiger partial charge in [-0.3, -0.25) is 0 Å². The second kappa shape index (κ2) is 6.19. The van der Waals surface area contributed by atoms with E-state index in [4.69, 9.17) is 4.74 Å². The van der Waals surface area contributed by atoms with E-state index < -0.39 is 17.5 Å². The summed E-state index contributed by atoms with van der Waals surface area (Å²) in [5.74, 6) is 4.71. The van der Waals surface area contributed by atoms with Crippen LogP contribution in [-0.4, -0.2) is 23.2 Å². The summed E-state index contributed by atoms with van der Waals surface area (Å²) < 4.78 is 18.3. The van der Waals surface area contributed by atoms with Gasteiger partial charge in [-0.2, -0.15) is 0 Å². The molecule has 1 amide bonds. The van der Waals surface area contributed by atoms with Crippen LogP contribution in [0, 0.1) is 24.6 Å². The van der Waals surface area contributed by atoms with Crippen molar-refractivity contribution in [3.8, 4) is 11.8 Å². The number of rotatable bonds is 1. The van der Waals surface area contributed by atoms with Crippen LogP contribution in [-0.2, 0) is 4.74 Å². The first-order valence-corrected chi connectivity index (χ1v) is 5.87. The molecular weight excluding hydrogens is 247 g/mol. The highest BCUT2D eigenvalue weighted by Crippen LogP contribution is 2.06. The van der Waals surface area contributed by atoms with Gasteiger partial charge in [0.2, 0.25) is 0 Å². The highest BCUT2D eigenvalue weighted by molar-refractivity contribution is 5.68. The molecule has 5 heteroatoms. The molecule has 1 aromatic rings. The summed E-state index contributed by atoms with van der Waals surface area (Å²) in [7, 11) is 0. The first-order valence-electron chi connectivity index (χ1n) is 5.87. The van der Waals surface area contributed by atoms with Crippen molar-refractivity contribution >= 4 is 6.09 Å². The van der Waals surface area contributed by atoms with E-state index in [9.17, 15) is 9.18 Å². The molecule has 0 aliphatic carbocycles. The largest absolute Gasteiger partial charge is 0.444 e. The lowest BCUT2D eigenvalue weighted by Crippen LogP contribution is -2.32. The number of alkyl carbamates (subject to hydrolysis) is 1. The fourth-order valence-corrected chi connectivity index (χ4v) is 1.19. The summed E-state index contributed by atoms with van der Waals surface area (Å²) in [5, 5.41) is 2.46. The lowest BCUT2D eigenvalue weighted by atomic mass is 10.2. The molecule has 0 unspecified atom stereocenters. The van der Waals surface area contributed by atoms with Crippen molar-refractivity contribution in [2.45, 2.75) is 33.3 Å². The van der Waals surface area contributed by atoms with Crippen LogP contribution in [0.15, 0.2) is 12.1 Å². The minimum absolute atomic E-state index is 0.0734. The van der Waals surface area contributed by atoms with Gasteiger partial charge in [0, 0.05) is 5.69 Å². The molecule has 0 saturated heterocycles. The highest BCUT2D eigenvalue weighted by atomic mass is 19.1. The molecule has 0 aliphatic rings. The molecule has 1 N–H and O–H groups in total. The van der Waals surface area contributed by atoms with Crippen LogP contribution in [0.25, 0.3) is 0 Å². The zero-order valence-corrected chi connectivity index (χ0v) is 11.5. The van der Waals surface area contributed by atoms with E-state index in [0.717, 1.165) is 0 Å². The van der Waals surface area contributed by atoms with Crippen LogP contribution in [0.1, 0.15) is 32.2 Å². The van der Waals surface area contributed by atoms with E-state index in [2.05, 4.69) is 22.1 Å². The monoisotopic (exact) mass is 264 g/mol. The average Bonchev–Trinajstić information content (AvgIpc) is 2.26. The van der Waals surface area contributed by atoms with Gasteiger partial charge < -0.3 is 10.1 Å². The highest BCUT2D eigenvalue weighted by Gasteiger charge is 2.15. The van der Waals surface area contributed by atoms with Crippen LogP contribution >= 0.6 is 0 Å². The van der Waals surface area contributed by atoms with Gasteiger partial charge in [0.1, 0.15) is 11.3 Å². The molecule has 1 heterocycles. The summed E-state index contributed by atoms with van der Waals surface area (Å²) in [4.78, 5) is 15.3. The van der Waals surface area contributed by atoms with Gasteiger partial charge in [0.25, 0.3) is 0 Å². The Hall–Kier alpha value is -2.09. The summed E-state index contributed by atoms with van der Waals surface area (Å²) in [5.41, 5.74) is 0.207. The second-order valence-corrected chi connectivity index (χ2v) is 4.94. The molecule has 0 aromatic carbocycles. The molecule has 0 saturated carbocycles. The number of carbonyl (C=O) groups excluding carboxylic acids is 1. The van der Waals surface area contributed by atoms with Crippen molar-refractivity contribution in [2.75, 3.05) is 6.54 Å². The molecule has 0 aliphatic heterocycles. The number of aryl methyl sites for hydroxylation is 1. The van der Waals surface area contributed by atoms with E-state index in [1.54, 1.807) is 33.8 Å². The van der Waals surface area contributed by atoms with E-state index in [0.29, 0.717) is 5.69 Å². The molecule has 4 nitrogen and oxygen atoms in total. The van der Waals surface area contributed by atoms with Gasteiger partial charge in [-0.25, -0.2) is 14.2 Å². The zero-order chi connectivity index (χ0) is 14.5. The number of hydrogen-bond donors (Lipinski definition) is 1. The van der Waals surface area contributed by atoms with Crippen molar-refractivity contribution in [1.29, 1.82) is 0 Å². The average molecular weight is 264 g/mol. The molecule has 0 radical (unpaired) electrons. The minimum atomic E-state index is -0.556. The van der Waals surface area contributed by atoms with Gasteiger partial charge >= 0.3 is 6.09 Å². The van der Waals surface area contributed by atoms with Gasteiger partial charge in [0.15, 0.2) is 5.82 Å². The number of carbonyl (C=O) groups is 1. The predicted molar refractivity (Wildman–Crippen MR) is 70.0 cm³/mol. The Labute approximate surface area is 112 Å². The number of hydrogen-bond acceptors (Lipinski definition) is 3. The SMILES string of the molecule is Cc1ccc(F)c(C#CCNC(=O)OC(C)(C)C)n1. The van der Waals surface area contributed by atoms with Crippen LogP contribution < -0.4 is 5.32 Å². The maximum atomic E-state index is 13.3. The topological polar surface area (TPSA) is 51.2 Å². The lowest BCUT2D eigenvalue weighted by Gasteiger charge is -2.18. The maximum Gasteiger partial charge on any atom is 0.408 e. The summed E-state index contributed by atoms with van der Waals surface area (Å²) in [6.07, 6.45) is -0.556. The van der Waals surface area contributed by atoms with Gasteiger partial charge in [-0.15, -0.1) is 0 Å². The predicted octanol–water partition coefficient (Wildman–Crippen LogP) is 2.41. The molecule has 102 valence electrons. The van der Waals surface area contributed by atoms with Crippen molar-refractivity contribution in [3.63, 3.8) is 0 Å². The van der Waals surface area contributed by atoms with Gasteiger partial charge in [-0.1, -0.05) is 5.92 Å². The molecule has 1 rings (SSSR count). The van der Waals surface area contributed by atoms with E-state index >= 15 is 0 Å². The first-order chi connectivity index (χ1) is 8.78. The molecule has 19 heavy (non-hydrogen) atoms. The molecular formula is C14H17FN2O2. The number of nitrogens with one attached hydrogen (secondary N) is 1. The third-order valence-electron chi connectivity index (χ3n) is 1.91. The van der Waals surface area contributed by atoms with Crippen molar-refractivity contribution in [2.24, 2.45) is 0 Å². The Morgan fingerprint density at radius 3 is 2.79 bits per heavy atom. The smallest absolute Gasteiger partial charge is 0.408 e. The molecule has 0 spiro atoms. The number of halogens is 1. The number of ether oxygens (including phenoxy) is 1. The summed E-state index contributed by atoms with van der Waals surface area (Å²) in [6.45, 7) is 7.13. The number of pyridine rings is 1. The number of amides is 1. The fourth-order valence-electron chi connectivity index (χ4n) is 1.19. The third kappa shape index (κ3) is 5.87. The normalized spacial score (nSPS) is 10.4. The van der Waals surface area contributed by atoms with Crippen LogP contribution in [0.4, 0.5) is 9.18 Å². The Kier molecular flexibility index (Phi) is 4.87. The van der Waals surface area contributed by atoms with E-state index in [-0.39, 0.29) is 12.2 Å². The molecule has 1 aromatic heterocycles. The molecule has 0 fully saturated rings. The Morgan fingerprint density at radius 2 is 2.16 bits per heavy atom. The molecule has 0 atom stereocenters. The summed E-state index contributed by atoms with van der Waals surface area (Å²) >= 11 is 0. The van der Waals surface area contributed by atoms with E-state index in [1.165, 1.54) is 6.07 Å². The van der Waals surface area contributed by atoms with Crippen LogP contribution in [0.5, 0.6) is 0 Å². The quantitative estimate of drug-likeness (QED) is 0.792. The minimum Gasteiger partial charge on any atom is -0.444 e. The van der Waals surface area contributed by atoms with Crippen molar-refractivity contribution < 1.29 is 13.9 Å². The summed E-state index contributed by atoms with van der Waals surface area (Å²) in [6, 6.07) is 2.88. The Balaban J connectivity index is 2.52. The maximum absolute atomic E-state index is 13.3. The fraction of sp³-hybridized carbons (Fsp3) is 0.429. The van der Waals surface area contributed by atoms with Crippen LogP contribution in [0.3, 0.4) is 0 Å². The van der Waals surface area contributed by atoms with Gasteiger partial charge in [-0.05, 0) is 45.7 Å². The van der Waals surface area contributed by atoms with Crippen LogP contribution in [0.2, 0.25) is 0 Å². The molecule has 0 bridgehead atoms. The zero-order valence-electron chi connectivity index (χ0n) is 11.5.